The smallest absolute Gasteiger partial charge is 0.182 e. The van der Waals surface area contributed by atoms with Crippen LogP contribution in [0.2, 0.25) is 5.02 Å². The second kappa shape index (κ2) is 8.05. The summed E-state index contributed by atoms with van der Waals surface area (Å²) in [7, 11) is 0. The maximum absolute atomic E-state index is 12.6. The number of rotatable bonds is 5. The van der Waals surface area contributed by atoms with E-state index in [1.807, 2.05) is 42.5 Å². The van der Waals surface area contributed by atoms with Gasteiger partial charge in [-0.05, 0) is 28.8 Å². The van der Waals surface area contributed by atoms with Gasteiger partial charge in [-0.25, -0.2) is 0 Å². The topological polar surface area (TPSA) is 17.1 Å². The van der Waals surface area contributed by atoms with Crippen LogP contribution in [0.1, 0.15) is 21.3 Å². The number of Topliss-reactive ketones (excluding diaryl/α,β-unsaturated/α-hetero) is 1. The highest BCUT2D eigenvalue weighted by Crippen LogP contribution is 2.31. The molecule has 4 heteroatoms. The fourth-order valence-corrected chi connectivity index (χ4v) is 3.22. The van der Waals surface area contributed by atoms with Crippen LogP contribution in [0.25, 0.3) is 11.1 Å². The van der Waals surface area contributed by atoms with Crippen LogP contribution < -0.4 is 0 Å². The van der Waals surface area contributed by atoms with Gasteiger partial charge in [0.1, 0.15) is 5.38 Å². The molecule has 0 radical (unpaired) electrons. The van der Waals surface area contributed by atoms with Gasteiger partial charge in [0.25, 0.3) is 0 Å². The third kappa shape index (κ3) is 4.24. The Bertz CT molecular complexity index is 843. The second-order valence-electron chi connectivity index (χ2n) is 5.66. The molecule has 0 heterocycles. The van der Waals surface area contributed by atoms with Crippen LogP contribution in [0.3, 0.4) is 0 Å². The Labute approximate surface area is 162 Å². The zero-order valence-corrected chi connectivity index (χ0v) is 15.5. The first-order valence-corrected chi connectivity index (χ1v) is 9.04. The summed E-state index contributed by atoms with van der Waals surface area (Å²) in [5.74, 6) is -0.198. The van der Waals surface area contributed by atoms with Gasteiger partial charge in [0.05, 0.1) is 5.38 Å². The van der Waals surface area contributed by atoms with Gasteiger partial charge in [0.2, 0.25) is 0 Å². The summed E-state index contributed by atoms with van der Waals surface area (Å²) >= 11 is 18.6. The molecule has 0 spiro atoms. The van der Waals surface area contributed by atoms with E-state index in [4.69, 9.17) is 34.8 Å². The van der Waals surface area contributed by atoms with Crippen molar-refractivity contribution in [3.63, 3.8) is 0 Å². The van der Waals surface area contributed by atoms with Crippen molar-refractivity contribution < 1.29 is 4.79 Å². The largest absolute Gasteiger partial charge is 0.292 e. The third-order valence-electron chi connectivity index (χ3n) is 3.97. The van der Waals surface area contributed by atoms with Crippen LogP contribution in [0, 0.1) is 0 Å². The molecule has 0 aliphatic carbocycles. The molecule has 126 valence electrons. The fourth-order valence-electron chi connectivity index (χ4n) is 2.57. The monoisotopic (exact) mass is 388 g/mol. The average molecular weight is 390 g/mol. The molecular formula is C21H15Cl3O. The highest BCUT2D eigenvalue weighted by Gasteiger charge is 2.26. The average Bonchev–Trinajstić information content (AvgIpc) is 2.67. The lowest BCUT2D eigenvalue weighted by atomic mass is 9.99. The van der Waals surface area contributed by atoms with E-state index in [9.17, 15) is 4.79 Å². The van der Waals surface area contributed by atoms with Crippen LogP contribution in [0.15, 0.2) is 78.9 Å². The van der Waals surface area contributed by atoms with Crippen LogP contribution in [0.4, 0.5) is 0 Å². The molecular weight excluding hydrogens is 375 g/mol. The Hall–Kier alpha value is -1.80. The van der Waals surface area contributed by atoms with Crippen molar-refractivity contribution in [2.24, 2.45) is 0 Å². The molecule has 2 atom stereocenters. The van der Waals surface area contributed by atoms with Gasteiger partial charge >= 0.3 is 0 Å². The number of carbonyl (C=O) groups excluding carboxylic acids is 1. The van der Waals surface area contributed by atoms with Gasteiger partial charge in [-0.2, -0.15) is 0 Å². The Balaban J connectivity index is 1.77. The molecule has 3 rings (SSSR count). The molecule has 25 heavy (non-hydrogen) atoms. The number of hydrogen-bond donors (Lipinski definition) is 0. The summed E-state index contributed by atoms with van der Waals surface area (Å²) in [6.07, 6.45) is 0. The van der Waals surface area contributed by atoms with E-state index in [0.717, 1.165) is 16.7 Å². The van der Waals surface area contributed by atoms with Crippen molar-refractivity contribution in [2.45, 2.75) is 10.8 Å². The van der Waals surface area contributed by atoms with Crippen LogP contribution >= 0.6 is 34.8 Å². The number of alkyl halides is 2. The minimum absolute atomic E-state index is 0.198. The normalized spacial score (nSPS) is 13.2. The minimum atomic E-state index is -0.856. The van der Waals surface area contributed by atoms with Crippen molar-refractivity contribution in [1.82, 2.24) is 0 Å². The molecule has 0 aliphatic rings. The second-order valence-corrected chi connectivity index (χ2v) is 7.04. The molecule has 0 aromatic heterocycles. The minimum Gasteiger partial charge on any atom is -0.292 e. The molecule has 0 aliphatic heterocycles. The van der Waals surface area contributed by atoms with E-state index in [2.05, 4.69) is 0 Å². The Morgan fingerprint density at radius 2 is 1.28 bits per heavy atom. The lowest BCUT2D eigenvalue weighted by Crippen LogP contribution is -2.20. The molecule has 0 N–H and O–H groups in total. The number of carbonyl (C=O) groups is 1. The summed E-state index contributed by atoms with van der Waals surface area (Å²) in [6.45, 7) is 0. The van der Waals surface area contributed by atoms with Gasteiger partial charge < -0.3 is 0 Å². The van der Waals surface area contributed by atoms with Crippen LogP contribution in [0.5, 0.6) is 0 Å². The van der Waals surface area contributed by atoms with E-state index >= 15 is 0 Å². The highest BCUT2D eigenvalue weighted by atomic mass is 35.5. The van der Waals surface area contributed by atoms with Crippen LogP contribution in [-0.4, -0.2) is 11.2 Å². The maximum atomic E-state index is 12.6. The molecule has 1 nitrogen and oxygen atoms in total. The van der Waals surface area contributed by atoms with Crippen molar-refractivity contribution >= 4 is 40.6 Å². The molecule has 0 saturated heterocycles. The number of ketones is 1. The predicted octanol–water partition coefficient (Wildman–Crippen LogP) is 6.78. The molecule has 3 aromatic carbocycles. The Kier molecular flexibility index (Phi) is 5.80. The van der Waals surface area contributed by atoms with Gasteiger partial charge in [-0.1, -0.05) is 78.3 Å². The summed E-state index contributed by atoms with van der Waals surface area (Å²) in [6, 6.07) is 24.4. The number of hydrogen-bond acceptors (Lipinski definition) is 1. The Morgan fingerprint density at radius 1 is 0.720 bits per heavy atom. The number of benzene rings is 3. The first-order valence-electron chi connectivity index (χ1n) is 7.79. The third-order valence-corrected chi connectivity index (χ3v) is 5.31. The summed E-state index contributed by atoms with van der Waals surface area (Å²) in [4.78, 5) is 12.6. The lowest BCUT2D eigenvalue weighted by Gasteiger charge is -2.16. The first kappa shape index (κ1) is 18.0. The van der Waals surface area contributed by atoms with Crippen molar-refractivity contribution in [3.05, 3.63) is 95.0 Å². The van der Waals surface area contributed by atoms with E-state index in [0.29, 0.717) is 10.6 Å². The SMILES string of the molecule is O=C(c1ccc(-c2ccccc2)cc1)[C@H](Cl)[C@H](Cl)c1ccc(Cl)cc1. The molecule has 3 aromatic rings. The van der Waals surface area contributed by atoms with E-state index in [1.165, 1.54) is 0 Å². The fraction of sp³-hybridized carbons (Fsp3) is 0.0952. The number of halogens is 3. The van der Waals surface area contributed by atoms with Crippen molar-refractivity contribution in [2.75, 3.05) is 0 Å². The lowest BCUT2D eigenvalue weighted by molar-refractivity contribution is 0.0985. The predicted molar refractivity (Wildman–Crippen MR) is 106 cm³/mol. The molecule has 0 unspecified atom stereocenters. The van der Waals surface area contributed by atoms with E-state index in [1.54, 1.807) is 36.4 Å². The zero-order valence-electron chi connectivity index (χ0n) is 13.2. The van der Waals surface area contributed by atoms with Gasteiger partial charge in [0.15, 0.2) is 5.78 Å². The standard InChI is InChI=1S/C21H15Cl3O/c22-18-12-10-16(11-13-18)19(23)20(24)21(25)17-8-6-15(7-9-17)14-4-2-1-3-5-14/h1-13,19-20H/t19-,20-/m1/s1. The molecule has 0 saturated carbocycles. The van der Waals surface area contributed by atoms with Gasteiger partial charge in [-0.3, -0.25) is 4.79 Å². The first-order chi connectivity index (χ1) is 12.1. The van der Waals surface area contributed by atoms with Gasteiger partial charge in [-0.15, -0.1) is 23.2 Å². The van der Waals surface area contributed by atoms with E-state index in [-0.39, 0.29) is 5.78 Å². The summed E-state index contributed by atoms with van der Waals surface area (Å²) in [5.41, 5.74) is 3.45. The maximum Gasteiger partial charge on any atom is 0.182 e. The van der Waals surface area contributed by atoms with Crippen molar-refractivity contribution in [3.8, 4) is 11.1 Å². The summed E-state index contributed by atoms with van der Waals surface area (Å²) in [5, 5.41) is -0.868. The molecule has 0 amide bonds. The van der Waals surface area contributed by atoms with Crippen molar-refractivity contribution in [1.29, 1.82) is 0 Å². The van der Waals surface area contributed by atoms with E-state index < -0.39 is 10.8 Å². The highest BCUT2D eigenvalue weighted by molar-refractivity contribution is 6.39. The molecule has 0 bridgehead atoms. The summed E-state index contributed by atoms with van der Waals surface area (Å²) < 4.78 is 0. The van der Waals surface area contributed by atoms with Gasteiger partial charge in [0, 0.05) is 10.6 Å². The zero-order chi connectivity index (χ0) is 17.8. The molecule has 0 fully saturated rings. The van der Waals surface area contributed by atoms with Crippen LogP contribution in [-0.2, 0) is 0 Å². The quantitative estimate of drug-likeness (QED) is 0.347. The Morgan fingerprint density at radius 3 is 1.88 bits per heavy atom.